The molecular weight excluding hydrogens is 230 g/mol. The predicted molar refractivity (Wildman–Crippen MR) is 83.0 cm³/mol. The Morgan fingerprint density at radius 2 is 1.42 bits per heavy atom. The van der Waals surface area contributed by atoms with Gasteiger partial charge in [-0.1, -0.05) is 54.6 Å². The third kappa shape index (κ3) is 2.83. The molecule has 0 aliphatic rings. The van der Waals surface area contributed by atoms with Gasteiger partial charge in [-0.15, -0.1) is 0 Å². The second-order valence-corrected chi connectivity index (χ2v) is 4.45. The third-order valence-corrected chi connectivity index (χ3v) is 3.07. The normalized spacial score (nSPS) is 10.9. The van der Waals surface area contributed by atoms with Crippen LogP contribution in [0.15, 0.2) is 79.0 Å². The molecular formula is C18H15N. The van der Waals surface area contributed by atoms with Crippen molar-refractivity contribution in [2.75, 3.05) is 5.32 Å². The molecule has 92 valence electrons. The summed E-state index contributed by atoms with van der Waals surface area (Å²) in [5, 5.41) is 5.80. The fourth-order valence-corrected chi connectivity index (χ4v) is 2.08. The van der Waals surface area contributed by atoms with Crippen LogP contribution in [-0.4, -0.2) is 0 Å². The molecule has 0 aliphatic heterocycles. The van der Waals surface area contributed by atoms with Gasteiger partial charge in [0.1, 0.15) is 0 Å². The maximum absolute atomic E-state index is 3.26. The Morgan fingerprint density at radius 1 is 0.684 bits per heavy atom. The van der Waals surface area contributed by atoms with Crippen molar-refractivity contribution in [1.29, 1.82) is 0 Å². The molecule has 0 amide bonds. The fraction of sp³-hybridized carbons (Fsp3) is 0. The zero-order valence-corrected chi connectivity index (χ0v) is 10.6. The summed E-state index contributed by atoms with van der Waals surface area (Å²) in [7, 11) is 0. The number of rotatable bonds is 3. The Balaban J connectivity index is 1.78. The molecule has 1 heteroatoms. The van der Waals surface area contributed by atoms with Crippen LogP contribution in [-0.2, 0) is 0 Å². The van der Waals surface area contributed by atoms with Crippen LogP contribution in [0, 0.1) is 0 Å². The molecule has 0 aliphatic carbocycles. The van der Waals surface area contributed by atoms with E-state index in [0.29, 0.717) is 0 Å². The Bertz CT molecular complexity index is 699. The maximum atomic E-state index is 3.26. The molecule has 0 fully saturated rings. The van der Waals surface area contributed by atoms with Crippen LogP contribution in [0.25, 0.3) is 16.8 Å². The van der Waals surface area contributed by atoms with Crippen molar-refractivity contribution in [3.63, 3.8) is 0 Å². The molecule has 0 unspecified atom stereocenters. The predicted octanol–water partition coefficient (Wildman–Crippen LogP) is 4.92. The smallest absolute Gasteiger partial charge is 0.0379 e. The molecule has 0 bridgehead atoms. The van der Waals surface area contributed by atoms with E-state index in [-0.39, 0.29) is 0 Å². The second kappa shape index (κ2) is 5.40. The van der Waals surface area contributed by atoms with E-state index in [4.69, 9.17) is 0 Å². The molecule has 0 heterocycles. The zero-order chi connectivity index (χ0) is 12.9. The number of para-hydroxylation sites is 1. The van der Waals surface area contributed by atoms with Crippen molar-refractivity contribution < 1.29 is 0 Å². The zero-order valence-electron chi connectivity index (χ0n) is 10.6. The summed E-state index contributed by atoms with van der Waals surface area (Å²) < 4.78 is 0. The van der Waals surface area contributed by atoms with Crippen molar-refractivity contribution >= 4 is 22.5 Å². The average Bonchev–Trinajstić information content (AvgIpc) is 2.48. The molecule has 1 N–H and O–H groups in total. The van der Waals surface area contributed by atoms with Gasteiger partial charge in [-0.25, -0.2) is 0 Å². The minimum absolute atomic E-state index is 1.10. The summed E-state index contributed by atoms with van der Waals surface area (Å²) >= 11 is 0. The van der Waals surface area contributed by atoms with Gasteiger partial charge in [-0.2, -0.15) is 0 Å². The highest BCUT2D eigenvalue weighted by molar-refractivity contribution is 5.84. The van der Waals surface area contributed by atoms with Gasteiger partial charge in [0.2, 0.25) is 0 Å². The highest BCUT2D eigenvalue weighted by Gasteiger charge is 1.92. The van der Waals surface area contributed by atoms with Crippen LogP contribution in [0.4, 0.5) is 5.69 Å². The number of fused-ring (bicyclic) bond motifs is 1. The largest absolute Gasteiger partial charge is 0.362 e. The SMILES string of the molecule is C(=Cc1ccc2ccccc2c1)Nc1ccccc1. The third-order valence-electron chi connectivity index (χ3n) is 3.07. The van der Waals surface area contributed by atoms with Gasteiger partial charge in [0, 0.05) is 11.9 Å². The van der Waals surface area contributed by atoms with Gasteiger partial charge in [0.25, 0.3) is 0 Å². The lowest BCUT2D eigenvalue weighted by Crippen LogP contribution is -1.85. The topological polar surface area (TPSA) is 12.0 Å². The second-order valence-electron chi connectivity index (χ2n) is 4.45. The molecule has 1 nitrogen and oxygen atoms in total. The molecule has 0 atom stereocenters. The first-order valence-electron chi connectivity index (χ1n) is 6.39. The summed E-state index contributed by atoms with van der Waals surface area (Å²) in [6.45, 7) is 0. The van der Waals surface area contributed by atoms with Gasteiger partial charge in [-0.05, 0) is 40.6 Å². The van der Waals surface area contributed by atoms with E-state index in [9.17, 15) is 0 Å². The molecule has 19 heavy (non-hydrogen) atoms. The van der Waals surface area contributed by atoms with E-state index in [0.717, 1.165) is 5.69 Å². The molecule has 0 saturated heterocycles. The van der Waals surface area contributed by atoms with Crippen LogP contribution in [0.2, 0.25) is 0 Å². The lowest BCUT2D eigenvalue weighted by atomic mass is 10.1. The van der Waals surface area contributed by atoms with Gasteiger partial charge >= 0.3 is 0 Å². The monoisotopic (exact) mass is 245 g/mol. The Morgan fingerprint density at radius 3 is 2.26 bits per heavy atom. The number of hydrogen-bond acceptors (Lipinski definition) is 1. The van der Waals surface area contributed by atoms with Crippen LogP contribution >= 0.6 is 0 Å². The lowest BCUT2D eigenvalue weighted by molar-refractivity contribution is 1.59. The van der Waals surface area contributed by atoms with E-state index in [1.165, 1.54) is 16.3 Å². The lowest BCUT2D eigenvalue weighted by Gasteiger charge is -2.01. The van der Waals surface area contributed by atoms with Crippen molar-refractivity contribution in [3.05, 3.63) is 84.6 Å². The molecule has 0 radical (unpaired) electrons. The summed E-state index contributed by atoms with van der Waals surface area (Å²) in [5.41, 5.74) is 2.29. The van der Waals surface area contributed by atoms with Gasteiger partial charge in [0.05, 0.1) is 0 Å². The minimum atomic E-state index is 1.10. The quantitative estimate of drug-likeness (QED) is 0.690. The molecule has 3 aromatic carbocycles. The molecule has 0 spiro atoms. The van der Waals surface area contributed by atoms with Crippen LogP contribution in [0.1, 0.15) is 5.56 Å². The molecule has 3 rings (SSSR count). The van der Waals surface area contributed by atoms with E-state index in [2.05, 4.69) is 53.9 Å². The van der Waals surface area contributed by atoms with E-state index in [1.54, 1.807) is 0 Å². The van der Waals surface area contributed by atoms with Crippen molar-refractivity contribution in [2.24, 2.45) is 0 Å². The first-order chi connectivity index (χ1) is 9.42. The van der Waals surface area contributed by atoms with Gasteiger partial charge in [-0.3, -0.25) is 0 Å². The first-order valence-corrected chi connectivity index (χ1v) is 6.39. The minimum Gasteiger partial charge on any atom is -0.362 e. The van der Waals surface area contributed by atoms with E-state index < -0.39 is 0 Å². The van der Waals surface area contributed by atoms with Crippen LogP contribution in [0.3, 0.4) is 0 Å². The number of nitrogens with one attached hydrogen (secondary N) is 1. The molecule has 3 aromatic rings. The van der Waals surface area contributed by atoms with Gasteiger partial charge in [0.15, 0.2) is 0 Å². The number of benzene rings is 3. The number of anilines is 1. The highest BCUT2D eigenvalue weighted by atomic mass is 14.8. The molecule has 0 aromatic heterocycles. The van der Waals surface area contributed by atoms with Crippen molar-refractivity contribution in [3.8, 4) is 0 Å². The Hall–Kier alpha value is -2.54. The summed E-state index contributed by atoms with van der Waals surface area (Å²) in [6, 6.07) is 25.0. The highest BCUT2D eigenvalue weighted by Crippen LogP contribution is 2.16. The van der Waals surface area contributed by atoms with Crippen molar-refractivity contribution in [2.45, 2.75) is 0 Å². The van der Waals surface area contributed by atoms with Crippen molar-refractivity contribution in [1.82, 2.24) is 0 Å². The van der Waals surface area contributed by atoms with Crippen LogP contribution < -0.4 is 5.32 Å². The van der Waals surface area contributed by atoms with E-state index in [1.807, 2.05) is 36.5 Å². The number of hydrogen-bond donors (Lipinski definition) is 1. The Kier molecular flexibility index (Phi) is 3.28. The summed E-state index contributed by atoms with van der Waals surface area (Å²) in [5.74, 6) is 0. The fourth-order valence-electron chi connectivity index (χ4n) is 2.08. The first kappa shape index (κ1) is 11.5. The summed E-state index contributed by atoms with van der Waals surface area (Å²) in [4.78, 5) is 0. The van der Waals surface area contributed by atoms with Gasteiger partial charge < -0.3 is 5.32 Å². The van der Waals surface area contributed by atoms with E-state index >= 15 is 0 Å². The average molecular weight is 245 g/mol. The summed E-state index contributed by atoms with van der Waals surface area (Å²) in [6.07, 6.45) is 4.05. The standard InChI is InChI=1S/C18H15N/c1-2-8-18(9-3-1)19-13-12-15-10-11-16-6-4-5-7-17(16)14-15/h1-14,19H. The van der Waals surface area contributed by atoms with Crippen LogP contribution in [0.5, 0.6) is 0 Å². The molecule has 0 saturated carbocycles. The maximum Gasteiger partial charge on any atom is 0.0379 e. The Labute approximate surface area is 113 Å².